The zero-order chi connectivity index (χ0) is 21.8. The number of hydrogen-bond acceptors (Lipinski definition) is 4. The number of para-hydroxylation sites is 1. The second-order valence-corrected chi connectivity index (χ2v) is 7.41. The number of nitrogens with one attached hydrogen (secondary N) is 3. The third-order valence-electron chi connectivity index (χ3n) is 5.31. The maximum absolute atomic E-state index is 12.5. The summed E-state index contributed by atoms with van der Waals surface area (Å²) in [7, 11) is 0. The van der Waals surface area contributed by atoms with Gasteiger partial charge in [-0.1, -0.05) is 18.2 Å². The first-order chi connectivity index (χ1) is 15.0. The Kier molecular flexibility index (Phi) is 5.88. The molecule has 8 heteroatoms. The van der Waals surface area contributed by atoms with Crippen molar-refractivity contribution in [2.24, 2.45) is 5.92 Å². The molecule has 0 bridgehead atoms. The molecule has 1 saturated heterocycles. The summed E-state index contributed by atoms with van der Waals surface area (Å²) in [5.41, 5.74) is 7.42. The van der Waals surface area contributed by atoms with Crippen molar-refractivity contribution in [2.45, 2.75) is 19.8 Å². The SMILES string of the molecule is CCOc1ccc(N2C[C@@H](C(=O)NNC(=O)Cc3c[nH]c4ccccc34)CC2=O)cc1. The molecule has 0 spiro atoms. The number of amides is 3. The molecule has 0 radical (unpaired) electrons. The van der Waals surface area contributed by atoms with E-state index in [1.807, 2.05) is 31.2 Å². The van der Waals surface area contributed by atoms with Gasteiger partial charge in [0.15, 0.2) is 0 Å². The molecule has 0 saturated carbocycles. The Labute approximate surface area is 179 Å². The smallest absolute Gasteiger partial charge is 0.243 e. The molecule has 0 unspecified atom stereocenters. The van der Waals surface area contributed by atoms with Gasteiger partial charge in [0.05, 0.1) is 18.9 Å². The molecule has 31 heavy (non-hydrogen) atoms. The summed E-state index contributed by atoms with van der Waals surface area (Å²) in [4.78, 5) is 41.9. The summed E-state index contributed by atoms with van der Waals surface area (Å²) < 4.78 is 5.42. The number of hydrogen-bond donors (Lipinski definition) is 3. The minimum atomic E-state index is -0.535. The van der Waals surface area contributed by atoms with Crippen LogP contribution in [0.5, 0.6) is 5.75 Å². The summed E-state index contributed by atoms with van der Waals surface area (Å²) in [5, 5.41) is 0.969. The fourth-order valence-electron chi connectivity index (χ4n) is 3.75. The van der Waals surface area contributed by atoms with Gasteiger partial charge in [-0.05, 0) is 42.8 Å². The van der Waals surface area contributed by atoms with Crippen molar-refractivity contribution < 1.29 is 19.1 Å². The number of ether oxygens (including phenoxy) is 1. The number of rotatable bonds is 6. The summed E-state index contributed by atoms with van der Waals surface area (Å²) in [5.74, 6) is -0.646. The van der Waals surface area contributed by atoms with Gasteiger partial charge in [-0.2, -0.15) is 0 Å². The van der Waals surface area contributed by atoms with Crippen LogP contribution in [0.25, 0.3) is 10.9 Å². The zero-order valence-electron chi connectivity index (χ0n) is 17.2. The maximum Gasteiger partial charge on any atom is 0.243 e. The average Bonchev–Trinajstić information content (AvgIpc) is 3.37. The molecule has 1 aliphatic heterocycles. The number of carbonyl (C=O) groups is 3. The number of benzene rings is 2. The van der Waals surface area contributed by atoms with Crippen LogP contribution in [0.15, 0.2) is 54.7 Å². The van der Waals surface area contributed by atoms with Crippen LogP contribution in [0.2, 0.25) is 0 Å². The molecular weight excluding hydrogens is 396 g/mol. The Balaban J connectivity index is 1.30. The zero-order valence-corrected chi connectivity index (χ0v) is 17.2. The topological polar surface area (TPSA) is 104 Å². The van der Waals surface area contributed by atoms with E-state index in [0.717, 1.165) is 22.2 Å². The number of aromatic amines is 1. The van der Waals surface area contributed by atoms with Gasteiger partial charge in [0.2, 0.25) is 17.7 Å². The number of aromatic nitrogens is 1. The van der Waals surface area contributed by atoms with Crippen molar-refractivity contribution in [2.75, 3.05) is 18.1 Å². The van der Waals surface area contributed by atoms with Crippen LogP contribution in [0.1, 0.15) is 18.9 Å². The van der Waals surface area contributed by atoms with Crippen molar-refractivity contribution >= 4 is 34.3 Å². The highest BCUT2D eigenvalue weighted by Crippen LogP contribution is 2.27. The van der Waals surface area contributed by atoms with Crippen molar-refractivity contribution in [3.63, 3.8) is 0 Å². The lowest BCUT2D eigenvalue weighted by Gasteiger charge is -2.17. The van der Waals surface area contributed by atoms with E-state index < -0.39 is 5.92 Å². The molecule has 1 atom stereocenters. The average molecular weight is 420 g/mol. The number of anilines is 1. The Morgan fingerprint density at radius 2 is 1.90 bits per heavy atom. The second-order valence-electron chi connectivity index (χ2n) is 7.41. The van der Waals surface area contributed by atoms with Crippen LogP contribution < -0.4 is 20.5 Å². The molecule has 1 aliphatic rings. The number of nitrogens with zero attached hydrogens (tertiary/aromatic N) is 1. The van der Waals surface area contributed by atoms with Gasteiger partial charge in [0.25, 0.3) is 0 Å². The van der Waals surface area contributed by atoms with Crippen LogP contribution >= 0.6 is 0 Å². The number of carbonyl (C=O) groups excluding carboxylic acids is 3. The lowest BCUT2D eigenvalue weighted by atomic mass is 10.1. The number of H-pyrrole nitrogens is 1. The standard InChI is InChI=1S/C23H24N4O4/c1-2-31-18-9-7-17(8-10-18)27-14-16(12-22(27)29)23(30)26-25-21(28)11-15-13-24-20-6-4-3-5-19(15)20/h3-10,13,16,24H,2,11-12,14H2,1H3,(H,25,28)(H,26,30)/t16-/m0/s1. The molecule has 0 aliphatic carbocycles. The van der Waals surface area contributed by atoms with E-state index in [-0.39, 0.29) is 37.1 Å². The van der Waals surface area contributed by atoms with E-state index in [4.69, 9.17) is 4.74 Å². The first kappa shape index (κ1) is 20.5. The molecule has 8 nitrogen and oxygen atoms in total. The summed E-state index contributed by atoms with van der Waals surface area (Å²) in [6, 6.07) is 14.9. The van der Waals surface area contributed by atoms with Gasteiger partial charge in [-0.15, -0.1) is 0 Å². The lowest BCUT2D eigenvalue weighted by Crippen LogP contribution is -2.45. The molecule has 2 aromatic carbocycles. The van der Waals surface area contributed by atoms with Gasteiger partial charge in [0, 0.05) is 35.8 Å². The predicted octanol–water partition coefficient (Wildman–Crippen LogP) is 2.31. The molecular formula is C23H24N4O4. The second kappa shape index (κ2) is 8.91. The molecule has 160 valence electrons. The molecule has 3 aromatic rings. The molecule has 3 amide bonds. The summed E-state index contributed by atoms with van der Waals surface area (Å²) in [6.07, 6.45) is 2.01. The fourth-order valence-corrected chi connectivity index (χ4v) is 3.75. The molecule has 1 fully saturated rings. The van der Waals surface area contributed by atoms with E-state index in [0.29, 0.717) is 12.3 Å². The summed E-state index contributed by atoms with van der Waals surface area (Å²) in [6.45, 7) is 2.73. The highest BCUT2D eigenvalue weighted by atomic mass is 16.5. The van der Waals surface area contributed by atoms with Crippen molar-refractivity contribution in [3.8, 4) is 5.75 Å². The maximum atomic E-state index is 12.5. The van der Waals surface area contributed by atoms with E-state index >= 15 is 0 Å². The fraction of sp³-hybridized carbons (Fsp3) is 0.261. The van der Waals surface area contributed by atoms with Crippen LogP contribution in [-0.2, 0) is 20.8 Å². The van der Waals surface area contributed by atoms with Gasteiger partial charge in [0.1, 0.15) is 5.75 Å². The third-order valence-corrected chi connectivity index (χ3v) is 5.31. The van der Waals surface area contributed by atoms with Gasteiger partial charge in [-0.25, -0.2) is 0 Å². The van der Waals surface area contributed by atoms with E-state index in [9.17, 15) is 14.4 Å². The van der Waals surface area contributed by atoms with Gasteiger partial charge >= 0.3 is 0 Å². The summed E-state index contributed by atoms with van der Waals surface area (Å²) >= 11 is 0. The van der Waals surface area contributed by atoms with Crippen LogP contribution in [0, 0.1) is 5.92 Å². The van der Waals surface area contributed by atoms with Crippen LogP contribution in [0.4, 0.5) is 5.69 Å². The largest absolute Gasteiger partial charge is 0.494 e. The van der Waals surface area contributed by atoms with Crippen LogP contribution in [0.3, 0.4) is 0 Å². The van der Waals surface area contributed by atoms with Gasteiger partial charge < -0.3 is 14.6 Å². The minimum Gasteiger partial charge on any atom is -0.494 e. The van der Waals surface area contributed by atoms with Crippen molar-refractivity contribution in [1.82, 2.24) is 15.8 Å². The molecule has 3 N–H and O–H groups in total. The monoisotopic (exact) mass is 420 g/mol. The Morgan fingerprint density at radius 1 is 1.13 bits per heavy atom. The first-order valence-electron chi connectivity index (χ1n) is 10.2. The highest BCUT2D eigenvalue weighted by Gasteiger charge is 2.35. The highest BCUT2D eigenvalue weighted by molar-refractivity contribution is 6.00. The van der Waals surface area contributed by atoms with Crippen molar-refractivity contribution in [3.05, 3.63) is 60.3 Å². The minimum absolute atomic E-state index is 0.0946. The Bertz CT molecular complexity index is 1110. The van der Waals surface area contributed by atoms with Crippen molar-refractivity contribution in [1.29, 1.82) is 0 Å². The molecule has 2 heterocycles. The van der Waals surface area contributed by atoms with Crippen LogP contribution in [-0.4, -0.2) is 35.9 Å². The van der Waals surface area contributed by atoms with E-state index in [1.54, 1.807) is 35.4 Å². The Hall–Kier alpha value is -3.81. The third kappa shape index (κ3) is 4.53. The quantitative estimate of drug-likeness (QED) is 0.533. The predicted molar refractivity (Wildman–Crippen MR) is 116 cm³/mol. The first-order valence-corrected chi connectivity index (χ1v) is 10.2. The number of fused-ring (bicyclic) bond motifs is 1. The molecule has 1 aromatic heterocycles. The number of hydrazine groups is 1. The normalized spacial score (nSPS) is 15.8. The van der Waals surface area contributed by atoms with Gasteiger partial charge in [-0.3, -0.25) is 25.2 Å². The Morgan fingerprint density at radius 3 is 2.68 bits per heavy atom. The molecule has 4 rings (SSSR count). The lowest BCUT2D eigenvalue weighted by molar-refractivity contribution is -0.131. The van der Waals surface area contributed by atoms with E-state index in [2.05, 4.69) is 15.8 Å². The van der Waals surface area contributed by atoms with E-state index in [1.165, 1.54) is 0 Å².